The summed E-state index contributed by atoms with van der Waals surface area (Å²) in [6.07, 6.45) is 5.00. The molecule has 0 spiro atoms. The van der Waals surface area contributed by atoms with Gasteiger partial charge in [-0.2, -0.15) is 0 Å². The third-order valence-electron chi connectivity index (χ3n) is 3.23. The van der Waals surface area contributed by atoms with E-state index in [0.717, 1.165) is 13.2 Å². The molecule has 0 aromatic rings. The van der Waals surface area contributed by atoms with Crippen LogP contribution >= 0.6 is 0 Å². The first-order chi connectivity index (χ1) is 6.40. The molecule has 1 saturated heterocycles. The summed E-state index contributed by atoms with van der Waals surface area (Å²) >= 11 is 0. The number of rotatable bonds is 3. The maximum absolute atomic E-state index is 9.19. The molecule has 1 saturated carbocycles. The molecule has 0 unspecified atom stereocenters. The van der Waals surface area contributed by atoms with Crippen LogP contribution < -0.4 is 5.32 Å². The standard InChI is InChI=1S/C10H19NO2/c12-5-8-3-1-2-4-10(8)11-9-6-13-7-9/h8-12H,1-7H2/t8-,10+/m0/s1. The summed E-state index contributed by atoms with van der Waals surface area (Å²) in [6, 6.07) is 1.09. The molecule has 0 bridgehead atoms. The predicted molar refractivity (Wildman–Crippen MR) is 50.6 cm³/mol. The van der Waals surface area contributed by atoms with E-state index in [2.05, 4.69) is 5.32 Å². The topological polar surface area (TPSA) is 41.5 Å². The molecule has 0 amide bonds. The smallest absolute Gasteiger partial charge is 0.0643 e. The molecule has 2 N–H and O–H groups in total. The first kappa shape index (κ1) is 9.44. The highest BCUT2D eigenvalue weighted by Crippen LogP contribution is 2.24. The van der Waals surface area contributed by atoms with Gasteiger partial charge in [-0.1, -0.05) is 12.8 Å². The Hall–Kier alpha value is -0.120. The van der Waals surface area contributed by atoms with Gasteiger partial charge in [0.15, 0.2) is 0 Å². The zero-order valence-corrected chi connectivity index (χ0v) is 8.04. The van der Waals surface area contributed by atoms with E-state index in [1.807, 2.05) is 0 Å². The van der Waals surface area contributed by atoms with Gasteiger partial charge >= 0.3 is 0 Å². The fraction of sp³-hybridized carbons (Fsp3) is 1.00. The largest absolute Gasteiger partial charge is 0.396 e. The van der Waals surface area contributed by atoms with Crippen molar-refractivity contribution in [1.29, 1.82) is 0 Å². The Morgan fingerprint density at radius 3 is 2.62 bits per heavy atom. The quantitative estimate of drug-likeness (QED) is 0.674. The van der Waals surface area contributed by atoms with Crippen molar-refractivity contribution in [2.45, 2.75) is 37.8 Å². The minimum absolute atomic E-state index is 0.339. The first-order valence-corrected chi connectivity index (χ1v) is 5.35. The molecule has 2 atom stereocenters. The Labute approximate surface area is 79.5 Å². The summed E-state index contributed by atoms with van der Waals surface area (Å²) in [5, 5.41) is 12.8. The van der Waals surface area contributed by atoms with Crippen LogP contribution in [0.2, 0.25) is 0 Å². The molecular weight excluding hydrogens is 166 g/mol. The zero-order valence-electron chi connectivity index (χ0n) is 8.04. The Morgan fingerprint density at radius 1 is 1.23 bits per heavy atom. The van der Waals surface area contributed by atoms with Crippen LogP contribution in [0.5, 0.6) is 0 Å². The van der Waals surface area contributed by atoms with Gasteiger partial charge in [0.2, 0.25) is 0 Å². The second-order valence-electron chi connectivity index (χ2n) is 4.23. The van der Waals surface area contributed by atoms with Gasteiger partial charge in [-0.05, 0) is 18.8 Å². The van der Waals surface area contributed by atoms with Crippen molar-refractivity contribution in [3.63, 3.8) is 0 Å². The molecule has 1 aliphatic carbocycles. The van der Waals surface area contributed by atoms with E-state index in [1.165, 1.54) is 25.7 Å². The minimum Gasteiger partial charge on any atom is -0.396 e. The number of hydrogen-bond acceptors (Lipinski definition) is 3. The van der Waals surface area contributed by atoms with Crippen molar-refractivity contribution in [1.82, 2.24) is 5.32 Å². The van der Waals surface area contributed by atoms with Gasteiger partial charge in [0.1, 0.15) is 0 Å². The normalized spacial score (nSPS) is 35.8. The summed E-state index contributed by atoms with van der Waals surface area (Å²) in [4.78, 5) is 0. The fourth-order valence-corrected chi connectivity index (χ4v) is 2.28. The van der Waals surface area contributed by atoms with Crippen LogP contribution in [0.15, 0.2) is 0 Å². The van der Waals surface area contributed by atoms with Crippen molar-refractivity contribution in [2.75, 3.05) is 19.8 Å². The lowest BCUT2D eigenvalue weighted by molar-refractivity contribution is -0.0181. The summed E-state index contributed by atoms with van der Waals surface area (Å²) in [5.74, 6) is 0.481. The van der Waals surface area contributed by atoms with Crippen LogP contribution in [0.3, 0.4) is 0 Å². The van der Waals surface area contributed by atoms with Crippen molar-refractivity contribution in [2.24, 2.45) is 5.92 Å². The van der Waals surface area contributed by atoms with Crippen LogP contribution in [0.1, 0.15) is 25.7 Å². The summed E-state index contributed by atoms with van der Waals surface area (Å²) in [6.45, 7) is 2.05. The molecular formula is C10H19NO2. The third kappa shape index (κ3) is 2.22. The molecule has 2 aliphatic rings. The Morgan fingerprint density at radius 2 is 2.00 bits per heavy atom. The SMILES string of the molecule is OC[C@@H]1CCCC[C@H]1NC1COC1. The van der Waals surface area contributed by atoms with Crippen LogP contribution in [0, 0.1) is 5.92 Å². The van der Waals surface area contributed by atoms with Crippen molar-refractivity contribution < 1.29 is 9.84 Å². The van der Waals surface area contributed by atoms with Crippen molar-refractivity contribution >= 4 is 0 Å². The summed E-state index contributed by atoms with van der Waals surface area (Å²) < 4.78 is 5.12. The first-order valence-electron chi connectivity index (χ1n) is 5.35. The molecule has 1 aliphatic heterocycles. The predicted octanol–water partition coefficient (Wildman–Crippen LogP) is 0.526. The molecule has 0 aromatic carbocycles. The molecule has 2 rings (SSSR count). The Bertz CT molecular complexity index is 159. The molecule has 1 heterocycles. The highest BCUT2D eigenvalue weighted by atomic mass is 16.5. The van der Waals surface area contributed by atoms with Gasteiger partial charge in [0.05, 0.1) is 19.3 Å². The average molecular weight is 185 g/mol. The van der Waals surface area contributed by atoms with E-state index in [1.54, 1.807) is 0 Å². The van der Waals surface area contributed by atoms with E-state index in [4.69, 9.17) is 4.74 Å². The highest BCUT2D eigenvalue weighted by molar-refractivity contribution is 4.85. The fourth-order valence-electron chi connectivity index (χ4n) is 2.28. The highest BCUT2D eigenvalue weighted by Gasteiger charge is 2.28. The number of nitrogens with one attached hydrogen (secondary N) is 1. The lowest BCUT2D eigenvalue weighted by atomic mass is 9.84. The van der Waals surface area contributed by atoms with E-state index in [9.17, 15) is 5.11 Å². The van der Waals surface area contributed by atoms with Gasteiger partial charge in [-0.25, -0.2) is 0 Å². The average Bonchev–Trinajstić information content (AvgIpc) is 2.12. The minimum atomic E-state index is 0.339. The van der Waals surface area contributed by atoms with Gasteiger partial charge in [-0.3, -0.25) is 0 Å². The van der Waals surface area contributed by atoms with Gasteiger partial charge in [-0.15, -0.1) is 0 Å². The van der Waals surface area contributed by atoms with Crippen LogP contribution in [-0.2, 0) is 4.74 Å². The van der Waals surface area contributed by atoms with E-state index < -0.39 is 0 Å². The van der Waals surface area contributed by atoms with Crippen molar-refractivity contribution in [3.05, 3.63) is 0 Å². The third-order valence-corrected chi connectivity index (χ3v) is 3.23. The molecule has 0 aromatic heterocycles. The second-order valence-corrected chi connectivity index (χ2v) is 4.23. The van der Waals surface area contributed by atoms with E-state index in [-0.39, 0.29) is 0 Å². The van der Waals surface area contributed by atoms with Crippen LogP contribution in [0.25, 0.3) is 0 Å². The molecule has 0 radical (unpaired) electrons. The van der Waals surface area contributed by atoms with Gasteiger partial charge in [0.25, 0.3) is 0 Å². The Kier molecular flexibility index (Phi) is 3.19. The lowest BCUT2D eigenvalue weighted by Gasteiger charge is -2.37. The van der Waals surface area contributed by atoms with Gasteiger partial charge < -0.3 is 15.2 Å². The maximum atomic E-state index is 9.19. The molecule has 3 nitrogen and oxygen atoms in total. The zero-order chi connectivity index (χ0) is 9.10. The Balaban J connectivity index is 1.79. The molecule has 3 heteroatoms. The molecule has 13 heavy (non-hydrogen) atoms. The lowest BCUT2D eigenvalue weighted by Crippen LogP contribution is -2.53. The summed E-state index contributed by atoms with van der Waals surface area (Å²) in [7, 11) is 0. The number of hydrogen-bond donors (Lipinski definition) is 2. The number of ether oxygens (including phenoxy) is 1. The molecule has 76 valence electrons. The maximum Gasteiger partial charge on any atom is 0.0643 e. The number of aliphatic hydroxyl groups is 1. The van der Waals surface area contributed by atoms with Crippen LogP contribution in [0.4, 0.5) is 0 Å². The van der Waals surface area contributed by atoms with Crippen molar-refractivity contribution in [3.8, 4) is 0 Å². The summed E-state index contributed by atoms with van der Waals surface area (Å²) in [5.41, 5.74) is 0. The number of aliphatic hydroxyl groups excluding tert-OH is 1. The molecule has 2 fully saturated rings. The van der Waals surface area contributed by atoms with E-state index >= 15 is 0 Å². The van der Waals surface area contributed by atoms with Gasteiger partial charge in [0, 0.05) is 12.6 Å². The van der Waals surface area contributed by atoms with Crippen LogP contribution in [-0.4, -0.2) is 37.0 Å². The second kappa shape index (κ2) is 4.40. The van der Waals surface area contributed by atoms with E-state index in [0.29, 0.717) is 24.6 Å². The monoisotopic (exact) mass is 185 g/mol.